The molecule has 0 aliphatic carbocycles. The van der Waals surface area contributed by atoms with E-state index in [2.05, 4.69) is 25.8 Å². The van der Waals surface area contributed by atoms with Crippen molar-refractivity contribution in [1.29, 1.82) is 0 Å². The fourth-order valence-corrected chi connectivity index (χ4v) is 2.90. The highest BCUT2D eigenvalue weighted by molar-refractivity contribution is 5.59. The maximum absolute atomic E-state index is 5.96. The molecule has 0 spiro atoms. The van der Waals surface area contributed by atoms with Gasteiger partial charge < -0.3 is 10.1 Å². The third-order valence-electron chi connectivity index (χ3n) is 4.11. The predicted octanol–water partition coefficient (Wildman–Crippen LogP) is 0.101. The first-order valence-corrected chi connectivity index (χ1v) is 7.90. The Morgan fingerprint density at radius 2 is 2.04 bits per heavy atom. The minimum Gasteiger partial charge on any atom is -0.369 e. The van der Waals surface area contributed by atoms with E-state index in [1.165, 1.54) is 0 Å². The number of rotatable bonds is 5. The van der Waals surface area contributed by atoms with E-state index in [4.69, 9.17) is 4.74 Å². The molecule has 1 unspecified atom stereocenters. The average molecular weight is 328 g/mol. The van der Waals surface area contributed by atoms with Crippen molar-refractivity contribution in [3.8, 4) is 11.3 Å². The zero-order valence-corrected chi connectivity index (χ0v) is 13.8. The molecule has 1 atom stereocenters. The van der Waals surface area contributed by atoms with Crippen LogP contribution in [0.3, 0.4) is 0 Å². The van der Waals surface area contributed by atoms with Crippen LogP contribution in [0.5, 0.6) is 0 Å². The van der Waals surface area contributed by atoms with E-state index >= 15 is 0 Å². The summed E-state index contributed by atoms with van der Waals surface area (Å²) in [6, 6.07) is 0. The molecule has 1 aliphatic heterocycles. The summed E-state index contributed by atoms with van der Waals surface area (Å²) in [7, 11) is 3.81. The quantitative estimate of drug-likeness (QED) is 0.715. The lowest BCUT2D eigenvalue weighted by Gasteiger charge is -2.24. The maximum Gasteiger partial charge on any atom is 0.121 e. The molecule has 24 heavy (non-hydrogen) atoms. The number of hydrogen-bond donors (Lipinski definition) is 1. The zero-order chi connectivity index (χ0) is 16.5. The Hall–Kier alpha value is -2.52. The summed E-state index contributed by atoms with van der Waals surface area (Å²) in [4.78, 5) is 0. The lowest BCUT2D eigenvalue weighted by Crippen LogP contribution is -2.36. The lowest BCUT2D eigenvalue weighted by atomic mass is 10.2. The normalized spacial score (nSPS) is 17.2. The van der Waals surface area contributed by atoms with Gasteiger partial charge in [-0.3, -0.25) is 9.36 Å². The van der Waals surface area contributed by atoms with Gasteiger partial charge in [0.15, 0.2) is 0 Å². The first-order chi connectivity index (χ1) is 11.7. The Labute approximate surface area is 139 Å². The highest BCUT2D eigenvalue weighted by Gasteiger charge is 2.24. The van der Waals surface area contributed by atoms with Crippen LogP contribution in [0.4, 0.5) is 0 Å². The molecule has 4 heterocycles. The molecular weight excluding hydrogens is 308 g/mol. The van der Waals surface area contributed by atoms with Crippen molar-refractivity contribution in [2.45, 2.75) is 25.8 Å². The molecule has 3 aromatic heterocycles. The SMILES string of the molecule is Cn1cc(CNCC2Cn3nnc(-c4cnn(C)c4)c3CO2)cn1. The van der Waals surface area contributed by atoms with Crippen LogP contribution in [-0.2, 0) is 38.5 Å². The van der Waals surface area contributed by atoms with E-state index in [9.17, 15) is 0 Å². The van der Waals surface area contributed by atoms with Crippen LogP contribution in [0.2, 0.25) is 0 Å². The molecule has 9 heteroatoms. The number of hydrogen-bond acceptors (Lipinski definition) is 6. The molecule has 0 saturated heterocycles. The number of aryl methyl sites for hydroxylation is 2. The second-order valence-electron chi connectivity index (χ2n) is 6.06. The van der Waals surface area contributed by atoms with Gasteiger partial charge in [-0.25, -0.2) is 4.68 Å². The summed E-state index contributed by atoms with van der Waals surface area (Å²) < 4.78 is 11.5. The standard InChI is InChI=1S/C15H20N8O/c1-21-7-11(4-17-21)3-16-6-13-9-23-14(10-24-13)15(19-20-23)12-5-18-22(2)8-12/h4-5,7-8,13,16H,3,6,9-10H2,1-2H3. The molecular formula is C15H20N8O. The van der Waals surface area contributed by atoms with Crippen LogP contribution in [0.1, 0.15) is 11.3 Å². The highest BCUT2D eigenvalue weighted by atomic mass is 16.5. The summed E-state index contributed by atoms with van der Waals surface area (Å²) in [5.74, 6) is 0. The van der Waals surface area contributed by atoms with Crippen molar-refractivity contribution in [2.75, 3.05) is 6.54 Å². The van der Waals surface area contributed by atoms with E-state index in [1.54, 1.807) is 15.6 Å². The average Bonchev–Trinajstić information content (AvgIpc) is 3.27. The minimum atomic E-state index is 0.0811. The first-order valence-electron chi connectivity index (χ1n) is 7.90. The van der Waals surface area contributed by atoms with Crippen molar-refractivity contribution in [1.82, 2.24) is 39.9 Å². The number of nitrogens with zero attached hydrogens (tertiary/aromatic N) is 7. The third-order valence-corrected chi connectivity index (χ3v) is 4.11. The molecule has 0 amide bonds. The van der Waals surface area contributed by atoms with E-state index < -0.39 is 0 Å². The van der Waals surface area contributed by atoms with Crippen molar-refractivity contribution in [2.24, 2.45) is 14.1 Å². The van der Waals surface area contributed by atoms with Gasteiger partial charge in [0, 0.05) is 50.7 Å². The first kappa shape index (κ1) is 15.0. The van der Waals surface area contributed by atoms with E-state index in [1.807, 2.05) is 37.4 Å². The monoisotopic (exact) mass is 328 g/mol. The van der Waals surface area contributed by atoms with Gasteiger partial charge in [0.05, 0.1) is 37.3 Å². The van der Waals surface area contributed by atoms with Gasteiger partial charge >= 0.3 is 0 Å². The van der Waals surface area contributed by atoms with Gasteiger partial charge in [-0.05, 0) is 0 Å². The van der Waals surface area contributed by atoms with Gasteiger partial charge in [-0.1, -0.05) is 5.21 Å². The molecule has 0 radical (unpaired) electrons. The summed E-state index contributed by atoms with van der Waals surface area (Å²) >= 11 is 0. The van der Waals surface area contributed by atoms with Gasteiger partial charge in [0.1, 0.15) is 5.69 Å². The summed E-state index contributed by atoms with van der Waals surface area (Å²) in [5.41, 5.74) is 3.99. The van der Waals surface area contributed by atoms with Gasteiger partial charge in [0.25, 0.3) is 0 Å². The number of nitrogens with one attached hydrogen (secondary N) is 1. The predicted molar refractivity (Wildman–Crippen MR) is 85.7 cm³/mol. The molecule has 4 rings (SSSR count). The molecule has 126 valence electrons. The second-order valence-corrected chi connectivity index (χ2v) is 6.06. The van der Waals surface area contributed by atoms with Crippen molar-refractivity contribution in [3.63, 3.8) is 0 Å². The Kier molecular flexibility index (Phi) is 3.87. The molecule has 0 fully saturated rings. The Balaban J connectivity index is 1.37. The van der Waals surface area contributed by atoms with Crippen molar-refractivity contribution >= 4 is 0 Å². The van der Waals surface area contributed by atoms with E-state index in [0.717, 1.165) is 35.6 Å². The van der Waals surface area contributed by atoms with Crippen LogP contribution in [-0.4, -0.2) is 47.2 Å². The molecule has 9 nitrogen and oxygen atoms in total. The zero-order valence-electron chi connectivity index (χ0n) is 13.8. The van der Waals surface area contributed by atoms with Crippen LogP contribution in [0.25, 0.3) is 11.3 Å². The van der Waals surface area contributed by atoms with Gasteiger partial charge in [-0.2, -0.15) is 10.2 Å². The smallest absolute Gasteiger partial charge is 0.121 e. The van der Waals surface area contributed by atoms with Crippen molar-refractivity contribution < 1.29 is 4.74 Å². The van der Waals surface area contributed by atoms with Crippen LogP contribution in [0, 0.1) is 0 Å². The molecule has 0 aromatic carbocycles. The summed E-state index contributed by atoms with van der Waals surface area (Å²) in [6.45, 7) is 2.74. The van der Waals surface area contributed by atoms with Crippen LogP contribution in [0.15, 0.2) is 24.8 Å². The van der Waals surface area contributed by atoms with Gasteiger partial charge in [0.2, 0.25) is 0 Å². The molecule has 3 aromatic rings. The topological polar surface area (TPSA) is 87.6 Å². The fraction of sp³-hybridized carbons (Fsp3) is 0.467. The number of aromatic nitrogens is 7. The highest BCUT2D eigenvalue weighted by Crippen LogP contribution is 2.24. The Bertz CT molecular complexity index is 832. The summed E-state index contributed by atoms with van der Waals surface area (Å²) in [5, 5.41) is 20.3. The van der Waals surface area contributed by atoms with E-state index in [-0.39, 0.29) is 6.10 Å². The van der Waals surface area contributed by atoms with Crippen LogP contribution < -0.4 is 5.32 Å². The molecule has 0 saturated carbocycles. The van der Waals surface area contributed by atoms with Crippen molar-refractivity contribution in [3.05, 3.63) is 36.0 Å². The maximum atomic E-state index is 5.96. The fourth-order valence-electron chi connectivity index (χ4n) is 2.90. The Morgan fingerprint density at radius 1 is 1.21 bits per heavy atom. The van der Waals surface area contributed by atoms with E-state index in [0.29, 0.717) is 13.2 Å². The third kappa shape index (κ3) is 2.95. The van der Waals surface area contributed by atoms with Crippen LogP contribution >= 0.6 is 0 Å². The second kappa shape index (κ2) is 6.17. The lowest BCUT2D eigenvalue weighted by molar-refractivity contribution is 0.00125. The van der Waals surface area contributed by atoms with Gasteiger partial charge in [-0.15, -0.1) is 5.10 Å². The number of fused-ring (bicyclic) bond motifs is 1. The molecule has 1 N–H and O–H groups in total. The largest absolute Gasteiger partial charge is 0.369 e. The minimum absolute atomic E-state index is 0.0811. The number of ether oxygens (including phenoxy) is 1. The molecule has 1 aliphatic rings. The molecule has 0 bridgehead atoms. The summed E-state index contributed by atoms with van der Waals surface area (Å²) in [6.07, 6.45) is 7.69. The Morgan fingerprint density at radius 3 is 2.79 bits per heavy atom.